The summed E-state index contributed by atoms with van der Waals surface area (Å²) in [4.78, 5) is 62.4. The number of ether oxygens (including phenoxy) is 1. The predicted molar refractivity (Wildman–Crippen MR) is 161 cm³/mol. The van der Waals surface area contributed by atoms with Crippen LogP contribution in [0.25, 0.3) is 0 Å². The predicted octanol–water partition coefficient (Wildman–Crippen LogP) is -0.287. The summed E-state index contributed by atoms with van der Waals surface area (Å²) < 4.78 is 5.19. The zero-order chi connectivity index (χ0) is 34.5. The molecule has 0 radical (unpaired) electrons. The minimum atomic E-state index is -2.28. The Balaban J connectivity index is 2.99. The van der Waals surface area contributed by atoms with Crippen molar-refractivity contribution in [1.29, 1.82) is 0 Å². The SMILES string of the molecule is CC[C@H](NC(=O)OC(C)(C)C)C(=O)N[C@@H](CC(C)C)C(=O)N[C@@H](CO)[C@@H](O)[C@@H](O)[C@H](O)C(=O)N[C@@H](CC(=O)O)c1ccccc1. The lowest BCUT2D eigenvalue weighted by atomic mass is 9.98. The fourth-order valence-corrected chi connectivity index (χ4v) is 4.25. The third kappa shape index (κ3) is 13.8. The summed E-state index contributed by atoms with van der Waals surface area (Å²) in [6.07, 6.45) is -7.64. The molecule has 254 valence electrons. The van der Waals surface area contributed by atoms with Gasteiger partial charge in [0, 0.05) is 0 Å². The van der Waals surface area contributed by atoms with E-state index < -0.39 is 90.9 Å². The molecule has 15 heteroatoms. The van der Waals surface area contributed by atoms with E-state index in [1.54, 1.807) is 71.9 Å². The van der Waals surface area contributed by atoms with E-state index in [0.29, 0.717) is 5.56 Å². The molecule has 0 aliphatic heterocycles. The fourth-order valence-electron chi connectivity index (χ4n) is 4.25. The highest BCUT2D eigenvalue weighted by atomic mass is 16.6. The van der Waals surface area contributed by atoms with Gasteiger partial charge in [0.15, 0.2) is 6.10 Å². The Morgan fingerprint density at radius 1 is 0.822 bits per heavy atom. The number of nitrogens with one attached hydrogen (secondary N) is 4. The Hall–Kier alpha value is -3.79. The molecule has 0 bridgehead atoms. The summed E-state index contributed by atoms with van der Waals surface area (Å²) in [6.45, 7) is 9.26. The van der Waals surface area contributed by atoms with Crippen molar-refractivity contribution >= 4 is 29.8 Å². The number of carboxylic acid groups (broad SMARTS) is 1. The largest absolute Gasteiger partial charge is 0.481 e. The van der Waals surface area contributed by atoms with Gasteiger partial charge in [0.05, 0.1) is 25.1 Å². The van der Waals surface area contributed by atoms with Gasteiger partial charge in [-0.05, 0) is 45.1 Å². The first-order valence-electron chi connectivity index (χ1n) is 14.7. The lowest BCUT2D eigenvalue weighted by molar-refractivity contribution is -0.145. The first-order valence-corrected chi connectivity index (χ1v) is 14.7. The molecule has 9 N–H and O–H groups in total. The van der Waals surface area contributed by atoms with E-state index in [1.165, 1.54) is 0 Å². The summed E-state index contributed by atoms with van der Waals surface area (Å²) in [7, 11) is 0. The molecular formula is C30H48N4O11. The number of amides is 4. The highest BCUT2D eigenvalue weighted by Crippen LogP contribution is 2.18. The van der Waals surface area contributed by atoms with E-state index >= 15 is 0 Å². The Bertz CT molecular complexity index is 1130. The zero-order valence-corrected chi connectivity index (χ0v) is 26.5. The number of aliphatic hydroxyl groups excluding tert-OH is 4. The van der Waals surface area contributed by atoms with Crippen LogP contribution >= 0.6 is 0 Å². The lowest BCUT2D eigenvalue weighted by Crippen LogP contribution is -2.60. The van der Waals surface area contributed by atoms with Gasteiger partial charge in [0.1, 0.15) is 29.9 Å². The molecular weight excluding hydrogens is 592 g/mol. The minimum Gasteiger partial charge on any atom is -0.481 e. The second kappa shape index (κ2) is 18.2. The molecule has 1 rings (SSSR count). The van der Waals surface area contributed by atoms with Crippen molar-refractivity contribution in [2.24, 2.45) is 5.92 Å². The van der Waals surface area contributed by atoms with Crippen molar-refractivity contribution in [2.75, 3.05) is 6.61 Å². The van der Waals surface area contributed by atoms with Crippen molar-refractivity contribution < 1.29 is 54.2 Å². The van der Waals surface area contributed by atoms with Crippen LogP contribution in [0.15, 0.2) is 30.3 Å². The first kappa shape index (κ1) is 39.2. The van der Waals surface area contributed by atoms with Crippen molar-refractivity contribution in [3.8, 4) is 0 Å². The number of carbonyl (C=O) groups is 5. The maximum atomic E-state index is 13.2. The average molecular weight is 641 g/mol. The fraction of sp³-hybridized carbons (Fsp3) is 0.633. The van der Waals surface area contributed by atoms with Gasteiger partial charge in [-0.3, -0.25) is 19.2 Å². The Morgan fingerprint density at radius 3 is 1.89 bits per heavy atom. The summed E-state index contributed by atoms with van der Waals surface area (Å²) in [6, 6.07) is 3.15. The maximum Gasteiger partial charge on any atom is 0.408 e. The highest BCUT2D eigenvalue weighted by molar-refractivity contribution is 5.91. The third-order valence-corrected chi connectivity index (χ3v) is 6.53. The smallest absolute Gasteiger partial charge is 0.408 e. The second-order valence-corrected chi connectivity index (χ2v) is 12.1. The monoisotopic (exact) mass is 640 g/mol. The Morgan fingerprint density at radius 2 is 1.40 bits per heavy atom. The molecule has 0 fully saturated rings. The van der Waals surface area contributed by atoms with Crippen LogP contribution in [0.2, 0.25) is 0 Å². The normalized spacial score (nSPS) is 16.2. The van der Waals surface area contributed by atoms with E-state index in [0.717, 1.165) is 0 Å². The summed E-state index contributed by atoms with van der Waals surface area (Å²) in [5.41, 5.74) is -0.388. The number of hydrogen-bond acceptors (Lipinski definition) is 10. The van der Waals surface area contributed by atoms with Crippen LogP contribution < -0.4 is 21.3 Å². The van der Waals surface area contributed by atoms with Crippen LogP contribution in [0.3, 0.4) is 0 Å². The number of benzene rings is 1. The van der Waals surface area contributed by atoms with Gasteiger partial charge in [0.2, 0.25) is 11.8 Å². The molecule has 0 unspecified atom stereocenters. The van der Waals surface area contributed by atoms with E-state index in [1.807, 2.05) is 0 Å². The van der Waals surface area contributed by atoms with E-state index in [-0.39, 0.29) is 18.8 Å². The topological polar surface area (TPSA) is 244 Å². The molecule has 15 nitrogen and oxygen atoms in total. The van der Waals surface area contributed by atoms with Crippen LogP contribution in [-0.2, 0) is 23.9 Å². The maximum absolute atomic E-state index is 13.2. The van der Waals surface area contributed by atoms with Crippen molar-refractivity contribution in [2.45, 2.75) is 109 Å². The number of aliphatic hydroxyl groups is 4. The summed E-state index contributed by atoms with van der Waals surface area (Å²) >= 11 is 0. The van der Waals surface area contributed by atoms with E-state index in [2.05, 4.69) is 21.3 Å². The van der Waals surface area contributed by atoms with Crippen LogP contribution in [-0.4, -0.2) is 104 Å². The van der Waals surface area contributed by atoms with Crippen molar-refractivity contribution in [3.63, 3.8) is 0 Å². The number of alkyl carbamates (subject to hydrolysis) is 1. The van der Waals surface area contributed by atoms with Gasteiger partial charge < -0.3 is 51.5 Å². The number of carbonyl (C=O) groups excluding carboxylic acids is 4. The molecule has 0 aromatic heterocycles. The Labute approximate surface area is 262 Å². The standard InChI is InChI=1S/C30H48N4O11/c1-7-18(34-29(44)45-30(4,5)6)26(41)32-20(13-16(2)3)27(42)33-21(15-35)23(38)24(39)25(40)28(43)31-19(14-22(36)37)17-11-9-8-10-12-17/h8-12,16,18-21,23-25,35,38-40H,7,13-15H2,1-6H3,(H,31,43)(H,32,41)(H,33,42)(H,34,44)(H,36,37)/t18-,19-,20-,21-,23+,24+,25-/m0/s1. The number of hydrogen-bond donors (Lipinski definition) is 9. The minimum absolute atomic E-state index is 0.114. The van der Waals surface area contributed by atoms with Gasteiger partial charge >= 0.3 is 12.1 Å². The molecule has 1 aromatic rings. The average Bonchev–Trinajstić information content (AvgIpc) is 2.95. The summed E-state index contributed by atoms with van der Waals surface area (Å²) in [5, 5.41) is 60.5. The van der Waals surface area contributed by atoms with E-state index in [9.17, 15) is 49.5 Å². The Kier molecular flexibility index (Phi) is 15.9. The first-order chi connectivity index (χ1) is 20.9. The van der Waals surface area contributed by atoms with Crippen molar-refractivity contribution in [3.05, 3.63) is 35.9 Å². The van der Waals surface area contributed by atoms with Crippen LogP contribution in [0, 0.1) is 5.92 Å². The molecule has 1 aromatic carbocycles. The molecule has 0 aliphatic rings. The highest BCUT2D eigenvalue weighted by Gasteiger charge is 2.38. The lowest BCUT2D eigenvalue weighted by Gasteiger charge is -2.31. The quantitative estimate of drug-likeness (QED) is 0.107. The van der Waals surface area contributed by atoms with Gasteiger partial charge in [-0.25, -0.2) is 4.79 Å². The molecule has 0 heterocycles. The third-order valence-electron chi connectivity index (χ3n) is 6.53. The second-order valence-electron chi connectivity index (χ2n) is 12.1. The molecule has 0 saturated heterocycles. The number of rotatable bonds is 17. The van der Waals surface area contributed by atoms with Gasteiger partial charge in [-0.15, -0.1) is 0 Å². The molecule has 7 atom stereocenters. The molecule has 45 heavy (non-hydrogen) atoms. The molecule has 0 spiro atoms. The molecule has 4 amide bonds. The van der Waals surface area contributed by atoms with Crippen LogP contribution in [0.1, 0.15) is 72.4 Å². The summed E-state index contributed by atoms with van der Waals surface area (Å²) in [5.74, 6) is -4.09. The van der Waals surface area contributed by atoms with Gasteiger partial charge in [-0.1, -0.05) is 51.1 Å². The van der Waals surface area contributed by atoms with Crippen LogP contribution in [0.4, 0.5) is 4.79 Å². The van der Waals surface area contributed by atoms with E-state index in [4.69, 9.17) is 4.74 Å². The van der Waals surface area contributed by atoms with Gasteiger partial charge in [-0.2, -0.15) is 0 Å². The number of aliphatic carboxylic acids is 1. The van der Waals surface area contributed by atoms with Crippen LogP contribution in [0.5, 0.6) is 0 Å². The van der Waals surface area contributed by atoms with Crippen molar-refractivity contribution in [1.82, 2.24) is 21.3 Å². The molecule has 0 saturated carbocycles. The zero-order valence-electron chi connectivity index (χ0n) is 26.5. The number of carboxylic acids is 1. The molecule has 0 aliphatic carbocycles. The van der Waals surface area contributed by atoms with Gasteiger partial charge in [0.25, 0.3) is 5.91 Å².